The fraction of sp³-hybridized carbons (Fsp3) is 0.625. The van der Waals surface area contributed by atoms with Gasteiger partial charge >= 0.3 is 17.9 Å². The van der Waals surface area contributed by atoms with Crippen LogP contribution >= 0.6 is 11.8 Å². The van der Waals surface area contributed by atoms with E-state index in [4.69, 9.17) is 14.2 Å². The van der Waals surface area contributed by atoms with Crippen molar-refractivity contribution in [3.8, 4) is 0 Å². The molecule has 3 rings (SSSR count). The molecule has 3 fully saturated rings. The summed E-state index contributed by atoms with van der Waals surface area (Å²) < 4.78 is 17.2. The first-order valence-corrected chi connectivity index (χ1v) is 12.0. The Morgan fingerprint density at radius 2 is 1.94 bits per heavy atom. The summed E-state index contributed by atoms with van der Waals surface area (Å²) in [6, 6.07) is 0. The van der Waals surface area contributed by atoms with Gasteiger partial charge < -0.3 is 14.2 Å². The minimum Gasteiger partial charge on any atom is -0.460 e. The first-order valence-electron chi connectivity index (χ1n) is 10.7. The van der Waals surface area contributed by atoms with Crippen LogP contribution in [0.1, 0.15) is 47.0 Å². The highest BCUT2D eigenvalue weighted by atomic mass is 32.2. The summed E-state index contributed by atoms with van der Waals surface area (Å²) >= 11 is 1.41. The largest absolute Gasteiger partial charge is 0.460 e. The van der Waals surface area contributed by atoms with E-state index in [2.05, 4.69) is 20.4 Å². The normalized spacial score (nSPS) is 36.9. The Morgan fingerprint density at radius 1 is 1.23 bits per heavy atom. The van der Waals surface area contributed by atoms with Crippen molar-refractivity contribution in [1.82, 2.24) is 0 Å². The van der Waals surface area contributed by atoms with Gasteiger partial charge in [0.2, 0.25) is 0 Å². The number of allylic oxidation sites excluding steroid dienone is 1. The highest BCUT2D eigenvalue weighted by molar-refractivity contribution is 8.01. The van der Waals surface area contributed by atoms with Gasteiger partial charge in [-0.1, -0.05) is 26.0 Å². The molecule has 3 aliphatic rings. The molecule has 0 N–H and O–H groups in total. The number of thioether (sulfide) groups is 1. The number of ether oxygens (including phenoxy) is 3. The van der Waals surface area contributed by atoms with Gasteiger partial charge in [-0.15, -0.1) is 11.8 Å². The van der Waals surface area contributed by atoms with Crippen molar-refractivity contribution in [2.75, 3.05) is 12.9 Å². The Bertz CT molecular complexity index is 823. The first-order chi connectivity index (χ1) is 14.6. The second-order valence-corrected chi connectivity index (χ2v) is 10.2. The number of rotatable bonds is 5. The van der Waals surface area contributed by atoms with Crippen LogP contribution in [0.4, 0.5) is 0 Å². The summed E-state index contributed by atoms with van der Waals surface area (Å²) in [7, 11) is 0. The monoisotopic (exact) mass is 448 g/mol. The Morgan fingerprint density at radius 3 is 2.52 bits per heavy atom. The number of fused-ring (bicyclic) bond motifs is 1. The Balaban J connectivity index is 2.05. The molecule has 31 heavy (non-hydrogen) atoms. The minimum atomic E-state index is -1.11. The summed E-state index contributed by atoms with van der Waals surface area (Å²) in [4.78, 5) is 38.2. The summed E-state index contributed by atoms with van der Waals surface area (Å²) in [6.07, 6.45) is 5.38. The standard InChI is InChI=1S/C24H32O6S/c1-14(2)11-19(26)30-21-20-17(29-18(25)9-10-31-6)8-7-15(3)23(20,5)13-24(21)16(4)12-28-22(24)27/h9-11,15,17,20-21H,4,7-8,12-13H2,1-3,5-6H3/b10-9+/t15-,17-,20+,21+,23+,24+/m0/s1. The van der Waals surface area contributed by atoms with Crippen molar-refractivity contribution in [1.29, 1.82) is 0 Å². The van der Waals surface area contributed by atoms with Gasteiger partial charge in [0, 0.05) is 18.1 Å². The zero-order valence-electron chi connectivity index (χ0n) is 18.9. The molecule has 1 spiro atoms. The molecule has 0 aromatic rings. The molecule has 6 atom stereocenters. The predicted octanol–water partition coefficient (Wildman–Crippen LogP) is 4.21. The molecule has 1 heterocycles. The molecule has 0 aromatic carbocycles. The van der Waals surface area contributed by atoms with Gasteiger partial charge in [-0.25, -0.2) is 9.59 Å². The third kappa shape index (κ3) is 4.09. The van der Waals surface area contributed by atoms with E-state index in [1.165, 1.54) is 23.9 Å². The van der Waals surface area contributed by atoms with Crippen LogP contribution in [0.25, 0.3) is 0 Å². The van der Waals surface area contributed by atoms with E-state index in [0.29, 0.717) is 18.4 Å². The van der Waals surface area contributed by atoms with Gasteiger partial charge in [0.25, 0.3) is 0 Å². The SMILES string of the molecule is C=C1COC(=O)[C@]12C[C@@]1(C)[C@H]([C@@H](OC(=O)/C=C/SC)CC[C@@H]1C)[C@H]2OC(=O)C=C(C)C. The molecular weight excluding hydrogens is 416 g/mol. The predicted molar refractivity (Wildman–Crippen MR) is 119 cm³/mol. The van der Waals surface area contributed by atoms with Crippen molar-refractivity contribution in [3.05, 3.63) is 35.3 Å². The summed E-state index contributed by atoms with van der Waals surface area (Å²) in [5.74, 6) is -1.42. The van der Waals surface area contributed by atoms with Crippen LogP contribution in [0.3, 0.4) is 0 Å². The Kier molecular flexibility index (Phi) is 6.75. The summed E-state index contributed by atoms with van der Waals surface area (Å²) in [6.45, 7) is 12.1. The smallest absolute Gasteiger partial charge is 0.331 e. The Labute approximate surface area is 188 Å². The van der Waals surface area contributed by atoms with Crippen LogP contribution in [-0.2, 0) is 28.6 Å². The molecule has 0 unspecified atom stereocenters. The lowest BCUT2D eigenvalue weighted by Crippen LogP contribution is -2.50. The summed E-state index contributed by atoms with van der Waals surface area (Å²) in [5.41, 5.74) is -0.0603. The van der Waals surface area contributed by atoms with Crippen LogP contribution in [-0.4, -0.2) is 43.0 Å². The third-order valence-corrected chi connectivity index (χ3v) is 7.68. The maximum Gasteiger partial charge on any atom is 0.331 e. The maximum atomic E-state index is 13.1. The number of hydrogen-bond acceptors (Lipinski definition) is 7. The molecule has 2 saturated carbocycles. The third-order valence-electron chi connectivity index (χ3n) is 7.27. The van der Waals surface area contributed by atoms with Gasteiger partial charge in [-0.05, 0) is 61.7 Å². The van der Waals surface area contributed by atoms with E-state index in [9.17, 15) is 14.4 Å². The molecule has 0 aromatic heterocycles. The van der Waals surface area contributed by atoms with E-state index in [1.807, 2.05) is 20.1 Å². The number of carbonyl (C=O) groups excluding carboxylic acids is 3. The number of hydrogen-bond donors (Lipinski definition) is 0. The molecular formula is C24H32O6S. The maximum absolute atomic E-state index is 13.1. The molecule has 2 aliphatic carbocycles. The van der Waals surface area contributed by atoms with Crippen molar-refractivity contribution >= 4 is 29.7 Å². The Hall–Kier alpha value is -2.02. The van der Waals surface area contributed by atoms with E-state index in [1.54, 1.807) is 5.41 Å². The highest BCUT2D eigenvalue weighted by Crippen LogP contribution is 2.66. The molecule has 6 nitrogen and oxygen atoms in total. The van der Waals surface area contributed by atoms with Crippen molar-refractivity contribution in [2.24, 2.45) is 22.7 Å². The topological polar surface area (TPSA) is 78.9 Å². The van der Waals surface area contributed by atoms with Crippen molar-refractivity contribution < 1.29 is 28.6 Å². The number of esters is 3. The molecule has 1 aliphatic heterocycles. The van der Waals surface area contributed by atoms with Crippen LogP contribution < -0.4 is 0 Å². The van der Waals surface area contributed by atoms with Crippen molar-refractivity contribution in [3.63, 3.8) is 0 Å². The lowest BCUT2D eigenvalue weighted by atomic mass is 9.61. The van der Waals surface area contributed by atoms with E-state index in [0.717, 1.165) is 12.0 Å². The van der Waals surface area contributed by atoms with Gasteiger partial charge in [0.05, 0.1) is 0 Å². The molecule has 0 amide bonds. The van der Waals surface area contributed by atoms with Gasteiger partial charge in [0.15, 0.2) is 0 Å². The van der Waals surface area contributed by atoms with E-state index < -0.39 is 35.5 Å². The van der Waals surface area contributed by atoms with E-state index >= 15 is 0 Å². The van der Waals surface area contributed by atoms with Crippen LogP contribution in [0.2, 0.25) is 0 Å². The molecule has 0 bridgehead atoms. The van der Waals surface area contributed by atoms with Gasteiger partial charge in [0.1, 0.15) is 24.2 Å². The lowest BCUT2D eigenvalue weighted by molar-refractivity contribution is -0.171. The number of cyclic esters (lactones) is 1. The van der Waals surface area contributed by atoms with Gasteiger partial charge in [-0.3, -0.25) is 4.79 Å². The first kappa shape index (κ1) is 23.6. The molecule has 0 radical (unpaired) electrons. The quantitative estimate of drug-likeness (QED) is 0.270. The zero-order valence-corrected chi connectivity index (χ0v) is 19.8. The zero-order chi connectivity index (χ0) is 23.0. The highest BCUT2D eigenvalue weighted by Gasteiger charge is 2.72. The van der Waals surface area contributed by atoms with Gasteiger partial charge in [-0.2, -0.15) is 0 Å². The van der Waals surface area contributed by atoms with Crippen LogP contribution in [0.15, 0.2) is 35.3 Å². The average molecular weight is 449 g/mol. The second-order valence-electron chi connectivity index (χ2n) is 9.43. The number of carbonyl (C=O) groups is 3. The lowest BCUT2D eigenvalue weighted by Gasteiger charge is -2.46. The fourth-order valence-corrected chi connectivity index (χ4v) is 5.85. The second kappa shape index (κ2) is 8.85. The fourth-order valence-electron chi connectivity index (χ4n) is 5.60. The minimum absolute atomic E-state index is 0.119. The van der Waals surface area contributed by atoms with Crippen molar-refractivity contribution in [2.45, 2.75) is 59.2 Å². The summed E-state index contributed by atoms with van der Waals surface area (Å²) in [5, 5.41) is 1.67. The van der Waals surface area contributed by atoms with Crippen LogP contribution in [0.5, 0.6) is 0 Å². The molecule has 7 heteroatoms. The van der Waals surface area contributed by atoms with Crippen LogP contribution in [0, 0.1) is 22.7 Å². The van der Waals surface area contributed by atoms with E-state index in [-0.39, 0.29) is 23.9 Å². The molecule has 1 saturated heterocycles. The molecule has 170 valence electrons. The average Bonchev–Trinajstić information content (AvgIpc) is 3.12.